The number of rotatable bonds is 8. The molecule has 21 heavy (non-hydrogen) atoms. The number of aliphatic hydroxyl groups is 1. The van der Waals surface area contributed by atoms with E-state index in [1.165, 1.54) is 18.4 Å². The summed E-state index contributed by atoms with van der Waals surface area (Å²) in [4.78, 5) is 0. The van der Waals surface area contributed by atoms with Crippen molar-refractivity contribution in [3.05, 3.63) is 23.3 Å². The first-order valence-electron chi connectivity index (χ1n) is 8.49. The zero-order chi connectivity index (χ0) is 16.0. The largest absolute Gasteiger partial charge is 0.390 e. The Balaban J connectivity index is 2.62. The molecule has 0 amide bonds. The molecule has 0 saturated carbocycles. The predicted octanol–water partition coefficient (Wildman–Crippen LogP) is 4.45. The standard InChI is InChI=1S/C19H35NO/c1-14(2)13-20-18(12-19(5,6)21)11-16(4)17-9-7-15(3)8-10-17/h7,9,14,16,18,20-21H,8,10-13H2,1-6H3. The van der Waals surface area contributed by atoms with Crippen LogP contribution in [0.2, 0.25) is 0 Å². The average molecular weight is 293 g/mol. The molecule has 0 aromatic heterocycles. The van der Waals surface area contributed by atoms with Gasteiger partial charge in [-0.2, -0.15) is 0 Å². The lowest BCUT2D eigenvalue weighted by atomic mass is 9.84. The molecule has 1 aliphatic carbocycles. The normalized spacial score (nSPS) is 19.2. The summed E-state index contributed by atoms with van der Waals surface area (Å²) in [6.07, 6.45) is 8.89. The van der Waals surface area contributed by atoms with E-state index >= 15 is 0 Å². The second-order valence-corrected chi connectivity index (χ2v) is 7.91. The maximum Gasteiger partial charge on any atom is 0.0606 e. The van der Waals surface area contributed by atoms with Crippen LogP contribution in [0.15, 0.2) is 23.3 Å². The van der Waals surface area contributed by atoms with Crippen LogP contribution in [0, 0.1) is 11.8 Å². The Morgan fingerprint density at radius 1 is 1.19 bits per heavy atom. The molecule has 2 N–H and O–H groups in total. The first kappa shape index (κ1) is 18.4. The second kappa shape index (κ2) is 8.14. The van der Waals surface area contributed by atoms with E-state index in [2.05, 4.69) is 45.2 Å². The van der Waals surface area contributed by atoms with Gasteiger partial charge in [0.25, 0.3) is 0 Å². The minimum absolute atomic E-state index is 0.385. The van der Waals surface area contributed by atoms with Gasteiger partial charge in [0.05, 0.1) is 5.60 Å². The monoisotopic (exact) mass is 293 g/mol. The van der Waals surface area contributed by atoms with Crippen molar-refractivity contribution in [2.45, 2.75) is 78.9 Å². The van der Waals surface area contributed by atoms with E-state index in [-0.39, 0.29) is 0 Å². The minimum Gasteiger partial charge on any atom is -0.390 e. The van der Waals surface area contributed by atoms with Gasteiger partial charge >= 0.3 is 0 Å². The van der Waals surface area contributed by atoms with E-state index in [0.29, 0.717) is 17.9 Å². The van der Waals surface area contributed by atoms with Crippen LogP contribution in [0.4, 0.5) is 0 Å². The molecule has 122 valence electrons. The Labute approximate surface area is 131 Å². The Kier molecular flexibility index (Phi) is 7.15. The predicted molar refractivity (Wildman–Crippen MR) is 92.4 cm³/mol. The molecule has 0 aromatic carbocycles. The van der Waals surface area contributed by atoms with Crippen molar-refractivity contribution in [1.82, 2.24) is 5.32 Å². The summed E-state index contributed by atoms with van der Waals surface area (Å²) in [5.74, 6) is 1.23. The molecule has 1 aliphatic rings. The fourth-order valence-electron chi connectivity index (χ4n) is 2.99. The van der Waals surface area contributed by atoms with Crippen molar-refractivity contribution in [1.29, 1.82) is 0 Å². The summed E-state index contributed by atoms with van der Waals surface area (Å²) < 4.78 is 0. The lowest BCUT2D eigenvalue weighted by Crippen LogP contribution is -2.39. The van der Waals surface area contributed by atoms with Crippen LogP contribution >= 0.6 is 0 Å². The molecule has 0 radical (unpaired) electrons. The summed E-state index contributed by atoms with van der Waals surface area (Å²) in [7, 11) is 0. The first-order chi connectivity index (χ1) is 9.67. The molecule has 2 heteroatoms. The molecule has 1 rings (SSSR count). The van der Waals surface area contributed by atoms with Gasteiger partial charge in [0.2, 0.25) is 0 Å². The van der Waals surface area contributed by atoms with Gasteiger partial charge in [0.1, 0.15) is 0 Å². The van der Waals surface area contributed by atoms with Crippen molar-refractivity contribution in [2.75, 3.05) is 6.54 Å². The SMILES string of the molecule is CC1=CC=C(C(C)CC(CC(C)(C)O)NCC(C)C)CC1. The van der Waals surface area contributed by atoms with E-state index in [9.17, 15) is 5.11 Å². The summed E-state index contributed by atoms with van der Waals surface area (Å²) in [5.41, 5.74) is 2.44. The topological polar surface area (TPSA) is 32.3 Å². The Morgan fingerprint density at radius 3 is 2.33 bits per heavy atom. The lowest BCUT2D eigenvalue weighted by Gasteiger charge is -2.30. The highest BCUT2D eigenvalue weighted by Gasteiger charge is 2.23. The van der Waals surface area contributed by atoms with Crippen molar-refractivity contribution < 1.29 is 5.11 Å². The highest BCUT2D eigenvalue weighted by Crippen LogP contribution is 2.28. The molecule has 0 aromatic rings. The minimum atomic E-state index is -0.605. The number of allylic oxidation sites excluding steroid dienone is 4. The van der Waals surface area contributed by atoms with Crippen molar-refractivity contribution in [3.8, 4) is 0 Å². The summed E-state index contributed by atoms with van der Waals surface area (Å²) in [6, 6.07) is 0.385. The molecule has 0 aliphatic heterocycles. The van der Waals surface area contributed by atoms with Crippen LogP contribution in [0.5, 0.6) is 0 Å². The average Bonchev–Trinajstić information content (AvgIpc) is 2.34. The van der Waals surface area contributed by atoms with Gasteiger partial charge in [-0.3, -0.25) is 0 Å². The van der Waals surface area contributed by atoms with E-state index in [0.717, 1.165) is 19.4 Å². The third-order valence-corrected chi connectivity index (χ3v) is 4.22. The highest BCUT2D eigenvalue weighted by molar-refractivity contribution is 5.24. The molecule has 0 spiro atoms. The number of hydrogen-bond acceptors (Lipinski definition) is 2. The van der Waals surface area contributed by atoms with E-state index in [1.807, 2.05) is 13.8 Å². The van der Waals surface area contributed by atoms with Gasteiger partial charge in [-0.15, -0.1) is 0 Å². The molecule has 0 heterocycles. The molecular weight excluding hydrogens is 258 g/mol. The Bertz CT molecular complexity index is 374. The summed E-state index contributed by atoms with van der Waals surface area (Å²) in [5, 5.41) is 13.8. The van der Waals surface area contributed by atoms with Crippen molar-refractivity contribution in [2.24, 2.45) is 11.8 Å². The van der Waals surface area contributed by atoms with Crippen molar-refractivity contribution in [3.63, 3.8) is 0 Å². The van der Waals surface area contributed by atoms with Crippen LogP contribution in [0.3, 0.4) is 0 Å². The van der Waals surface area contributed by atoms with Crippen LogP contribution in [0.1, 0.15) is 67.2 Å². The van der Waals surface area contributed by atoms with Gasteiger partial charge in [-0.25, -0.2) is 0 Å². The second-order valence-electron chi connectivity index (χ2n) is 7.91. The molecule has 0 fully saturated rings. The molecule has 0 saturated heterocycles. The quantitative estimate of drug-likeness (QED) is 0.693. The fraction of sp³-hybridized carbons (Fsp3) is 0.789. The molecule has 2 atom stereocenters. The molecule has 2 unspecified atom stereocenters. The molecule has 0 bridgehead atoms. The fourth-order valence-corrected chi connectivity index (χ4v) is 2.99. The van der Waals surface area contributed by atoms with E-state index in [4.69, 9.17) is 0 Å². The number of nitrogens with one attached hydrogen (secondary N) is 1. The van der Waals surface area contributed by atoms with Gasteiger partial charge in [0.15, 0.2) is 0 Å². The van der Waals surface area contributed by atoms with Crippen LogP contribution in [-0.4, -0.2) is 23.3 Å². The highest BCUT2D eigenvalue weighted by atomic mass is 16.3. The van der Waals surface area contributed by atoms with E-state index < -0.39 is 5.60 Å². The first-order valence-corrected chi connectivity index (χ1v) is 8.49. The molecular formula is C19H35NO. The molecule has 2 nitrogen and oxygen atoms in total. The van der Waals surface area contributed by atoms with E-state index in [1.54, 1.807) is 5.57 Å². The van der Waals surface area contributed by atoms with Gasteiger partial charge in [-0.1, -0.05) is 44.1 Å². The number of hydrogen-bond donors (Lipinski definition) is 2. The van der Waals surface area contributed by atoms with Crippen LogP contribution < -0.4 is 5.32 Å². The Morgan fingerprint density at radius 2 is 1.86 bits per heavy atom. The summed E-state index contributed by atoms with van der Waals surface area (Å²) >= 11 is 0. The Hall–Kier alpha value is -0.600. The third-order valence-electron chi connectivity index (χ3n) is 4.22. The lowest BCUT2D eigenvalue weighted by molar-refractivity contribution is 0.0562. The van der Waals surface area contributed by atoms with Gasteiger partial charge < -0.3 is 10.4 Å². The zero-order valence-corrected chi connectivity index (χ0v) is 14.9. The van der Waals surface area contributed by atoms with Crippen LogP contribution in [0.25, 0.3) is 0 Å². The summed E-state index contributed by atoms with van der Waals surface area (Å²) in [6.45, 7) is 13.8. The third kappa shape index (κ3) is 7.82. The van der Waals surface area contributed by atoms with Crippen molar-refractivity contribution >= 4 is 0 Å². The zero-order valence-electron chi connectivity index (χ0n) is 14.9. The maximum absolute atomic E-state index is 10.1. The van der Waals surface area contributed by atoms with Gasteiger partial charge in [-0.05, 0) is 64.8 Å². The maximum atomic E-state index is 10.1. The van der Waals surface area contributed by atoms with Gasteiger partial charge in [0, 0.05) is 6.04 Å². The smallest absolute Gasteiger partial charge is 0.0606 e. The van der Waals surface area contributed by atoms with Crippen LogP contribution in [-0.2, 0) is 0 Å².